The summed E-state index contributed by atoms with van der Waals surface area (Å²) >= 11 is 6.35. The molecule has 0 saturated heterocycles. The first-order valence-electron chi connectivity index (χ1n) is 11.2. The molecule has 0 aliphatic carbocycles. The van der Waals surface area contributed by atoms with E-state index in [1.54, 1.807) is 49.6 Å². The zero-order valence-electron chi connectivity index (χ0n) is 20.3. The fourth-order valence-electron chi connectivity index (χ4n) is 4.07. The number of aliphatic carboxylic acids is 1. The molecule has 0 unspecified atom stereocenters. The van der Waals surface area contributed by atoms with Crippen molar-refractivity contribution in [1.82, 2.24) is 4.57 Å². The van der Waals surface area contributed by atoms with Crippen LogP contribution in [0.15, 0.2) is 60.7 Å². The molecule has 1 heterocycles. The topological polar surface area (TPSA) is 77.8 Å². The van der Waals surface area contributed by atoms with Gasteiger partial charge in [0.15, 0.2) is 11.4 Å². The van der Waals surface area contributed by atoms with Crippen molar-refractivity contribution in [3.05, 3.63) is 93.9 Å². The highest BCUT2D eigenvalue weighted by atomic mass is 35.5. The zero-order valence-corrected chi connectivity index (χ0v) is 21.0. The molecule has 36 heavy (non-hydrogen) atoms. The van der Waals surface area contributed by atoms with Crippen LogP contribution in [0.25, 0.3) is 10.9 Å². The minimum absolute atomic E-state index is 0.191. The van der Waals surface area contributed by atoms with E-state index in [4.69, 9.17) is 21.1 Å². The summed E-state index contributed by atoms with van der Waals surface area (Å²) in [7, 11) is 1.55. The summed E-state index contributed by atoms with van der Waals surface area (Å²) in [6, 6.07) is 16.0. The Kier molecular flexibility index (Phi) is 6.78. The summed E-state index contributed by atoms with van der Waals surface area (Å²) in [5.41, 5.74) is 1.32. The van der Waals surface area contributed by atoms with Gasteiger partial charge in [-0.3, -0.25) is 4.79 Å². The third-order valence-corrected chi connectivity index (χ3v) is 6.47. The van der Waals surface area contributed by atoms with Crippen molar-refractivity contribution in [2.45, 2.75) is 32.9 Å². The molecule has 0 aliphatic heterocycles. The highest BCUT2D eigenvalue weighted by Gasteiger charge is 2.30. The molecule has 1 aromatic heterocycles. The first-order valence-corrected chi connectivity index (χ1v) is 11.6. The number of aromatic nitrogens is 1. The van der Waals surface area contributed by atoms with Gasteiger partial charge in [0.25, 0.3) is 0 Å². The summed E-state index contributed by atoms with van der Waals surface area (Å²) in [5, 5.41) is 10.5. The molecule has 186 valence electrons. The molecular weight excluding hydrogens is 485 g/mol. The average molecular weight is 510 g/mol. The van der Waals surface area contributed by atoms with Gasteiger partial charge in [-0.2, -0.15) is 0 Å². The molecule has 6 nitrogen and oxygen atoms in total. The standard InChI is InChI=1S/C28H25ClFNO5/c1-16-25(26(32)17-5-8-20(35-4)9-6-17)22-11-10-21(36-28(2,3)27(33)34)14-24(22)31(16)15-18-13-19(30)7-12-23(18)29/h5-14H,15H2,1-4H3,(H,33,34). The number of nitrogens with zero attached hydrogens (tertiary/aromatic N) is 1. The predicted octanol–water partition coefficient (Wildman–Crippen LogP) is 6.27. The van der Waals surface area contributed by atoms with Gasteiger partial charge in [0.2, 0.25) is 0 Å². The van der Waals surface area contributed by atoms with E-state index in [9.17, 15) is 19.1 Å². The lowest BCUT2D eigenvalue weighted by molar-refractivity contribution is -0.152. The summed E-state index contributed by atoms with van der Waals surface area (Å²) < 4.78 is 26.8. The SMILES string of the molecule is COc1ccc(C(=O)c2c(C)n(Cc3cc(F)ccc3Cl)c3cc(OC(C)(C)C(=O)O)ccc23)cc1. The second kappa shape index (κ2) is 9.66. The number of carbonyl (C=O) groups is 2. The molecule has 0 radical (unpaired) electrons. The quantitative estimate of drug-likeness (QED) is 0.283. The number of carboxylic acid groups (broad SMARTS) is 1. The first-order chi connectivity index (χ1) is 17.0. The van der Waals surface area contributed by atoms with Gasteiger partial charge in [-0.15, -0.1) is 0 Å². The molecule has 0 saturated carbocycles. The maximum absolute atomic E-state index is 14.0. The fraction of sp³-hybridized carbons (Fsp3) is 0.214. The fourth-order valence-corrected chi connectivity index (χ4v) is 4.25. The van der Waals surface area contributed by atoms with Gasteiger partial charge in [0, 0.05) is 34.3 Å². The van der Waals surface area contributed by atoms with Gasteiger partial charge in [-0.1, -0.05) is 11.6 Å². The number of benzene rings is 3. The van der Waals surface area contributed by atoms with E-state index in [1.165, 1.54) is 32.0 Å². The molecule has 1 N–H and O–H groups in total. The summed E-state index contributed by atoms with van der Waals surface area (Å²) in [6.07, 6.45) is 0. The summed E-state index contributed by atoms with van der Waals surface area (Å²) in [6.45, 7) is 4.91. The number of halogens is 2. The van der Waals surface area contributed by atoms with Crippen LogP contribution in [0, 0.1) is 12.7 Å². The third kappa shape index (κ3) is 4.79. The van der Waals surface area contributed by atoms with E-state index >= 15 is 0 Å². The summed E-state index contributed by atoms with van der Waals surface area (Å²) in [4.78, 5) is 25.2. The predicted molar refractivity (Wildman–Crippen MR) is 136 cm³/mol. The Morgan fingerprint density at radius 1 is 1.03 bits per heavy atom. The minimum atomic E-state index is -1.46. The van der Waals surface area contributed by atoms with Crippen LogP contribution in [0.2, 0.25) is 5.02 Å². The van der Waals surface area contributed by atoms with E-state index in [2.05, 4.69) is 0 Å². The minimum Gasteiger partial charge on any atom is -0.497 e. The lowest BCUT2D eigenvalue weighted by Gasteiger charge is -2.21. The Balaban J connectivity index is 1.89. The van der Waals surface area contributed by atoms with Gasteiger partial charge in [0.1, 0.15) is 17.3 Å². The molecule has 0 aliphatic rings. The third-order valence-electron chi connectivity index (χ3n) is 6.10. The number of fused-ring (bicyclic) bond motifs is 1. The number of rotatable bonds is 8. The van der Waals surface area contributed by atoms with E-state index in [-0.39, 0.29) is 12.3 Å². The maximum Gasteiger partial charge on any atom is 0.347 e. The molecule has 3 aromatic carbocycles. The molecule has 8 heteroatoms. The van der Waals surface area contributed by atoms with Crippen molar-refractivity contribution in [2.24, 2.45) is 0 Å². The Hall–Kier alpha value is -3.84. The van der Waals surface area contributed by atoms with Gasteiger partial charge >= 0.3 is 5.97 Å². The van der Waals surface area contributed by atoms with Gasteiger partial charge in [0.05, 0.1) is 18.2 Å². The van der Waals surface area contributed by atoms with Crippen LogP contribution in [0.5, 0.6) is 11.5 Å². The Bertz CT molecular complexity index is 1470. The van der Waals surface area contributed by atoms with Crippen molar-refractivity contribution in [3.8, 4) is 11.5 Å². The second-order valence-corrected chi connectivity index (χ2v) is 9.34. The Morgan fingerprint density at radius 3 is 2.33 bits per heavy atom. The van der Waals surface area contributed by atoms with E-state index in [1.807, 2.05) is 11.5 Å². The molecule has 0 fully saturated rings. The monoisotopic (exact) mass is 509 g/mol. The number of hydrogen-bond donors (Lipinski definition) is 1. The number of ether oxygens (including phenoxy) is 2. The number of ketones is 1. The van der Waals surface area contributed by atoms with Crippen LogP contribution in [0.3, 0.4) is 0 Å². The summed E-state index contributed by atoms with van der Waals surface area (Å²) in [5.74, 6) is -0.776. The normalized spacial score (nSPS) is 11.5. The van der Waals surface area contributed by atoms with Crippen LogP contribution < -0.4 is 9.47 Å². The van der Waals surface area contributed by atoms with Crippen LogP contribution in [-0.4, -0.2) is 34.1 Å². The van der Waals surface area contributed by atoms with Crippen molar-refractivity contribution in [2.75, 3.05) is 7.11 Å². The average Bonchev–Trinajstić information content (AvgIpc) is 3.11. The Morgan fingerprint density at radius 2 is 1.69 bits per heavy atom. The lowest BCUT2D eigenvalue weighted by atomic mass is 10.0. The number of carboxylic acids is 1. The zero-order chi connectivity index (χ0) is 26.2. The van der Waals surface area contributed by atoms with Crippen LogP contribution >= 0.6 is 11.6 Å². The molecule has 0 bridgehead atoms. The van der Waals surface area contributed by atoms with E-state index in [0.717, 1.165) is 0 Å². The van der Waals surface area contributed by atoms with Crippen molar-refractivity contribution in [1.29, 1.82) is 0 Å². The molecule has 4 rings (SSSR count). The number of carbonyl (C=O) groups excluding carboxylic acids is 1. The first kappa shape index (κ1) is 25.3. The second-order valence-electron chi connectivity index (χ2n) is 8.94. The molecule has 0 amide bonds. The highest BCUT2D eigenvalue weighted by Crippen LogP contribution is 2.34. The van der Waals surface area contributed by atoms with Crippen LogP contribution in [0.1, 0.15) is 41.0 Å². The highest BCUT2D eigenvalue weighted by molar-refractivity contribution is 6.31. The van der Waals surface area contributed by atoms with Crippen molar-refractivity contribution < 1.29 is 28.6 Å². The number of hydrogen-bond acceptors (Lipinski definition) is 4. The van der Waals surface area contributed by atoms with E-state index < -0.39 is 17.4 Å². The largest absolute Gasteiger partial charge is 0.497 e. The molecule has 0 atom stereocenters. The molecule has 0 spiro atoms. The van der Waals surface area contributed by atoms with Gasteiger partial charge < -0.3 is 19.1 Å². The smallest absolute Gasteiger partial charge is 0.347 e. The van der Waals surface area contributed by atoms with Crippen LogP contribution in [-0.2, 0) is 11.3 Å². The van der Waals surface area contributed by atoms with Crippen molar-refractivity contribution in [3.63, 3.8) is 0 Å². The van der Waals surface area contributed by atoms with Gasteiger partial charge in [-0.25, -0.2) is 9.18 Å². The van der Waals surface area contributed by atoms with E-state index in [0.29, 0.717) is 49.8 Å². The lowest BCUT2D eigenvalue weighted by Crippen LogP contribution is -2.37. The maximum atomic E-state index is 14.0. The molecule has 4 aromatic rings. The number of methoxy groups -OCH3 is 1. The van der Waals surface area contributed by atoms with Crippen molar-refractivity contribution >= 4 is 34.3 Å². The molecular formula is C28H25ClFNO5. The Labute approximate surface area is 212 Å². The van der Waals surface area contributed by atoms with Gasteiger partial charge in [-0.05, 0) is 80.9 Å². The van der Waals surface area contributed by atoms with Crippen LogP contribution in [0.4, 0.5) is 4.39 Å².